The zero-order valence-corrected chi connectivity index (χ0v) is 10.3. The van der Waals surface area contributed by atoms with E-state index in [2.05, 4.69) is 26.0 Å². The van der Waals surface area contributed by atoms with Crippen LogP contribution in [-0.4, -0.2) is 14.6 Å². The fourth-order valence-electron chi connectivity index (χ4n) is 1.47. The molecule has 16 heavy (non-hydrogen) atoms. The highest BCUT2D eigenvalue weighted by Crippen LogP contribution is 2.28. The van der Waals surface area contributed by atoms with Gasteiger partial charge in [-0.3, -0.25) is 0 Å². The highest BCUT2D eigenvalue weighted by Gasteiger charge is 2.09. The van der Waals surface area contributed by atoms with E-state index in [-0.39, 0.29) is 5.82 Å². The highest BCUT2D eigenvalue weighted by molar-refractivity contribution is 9.10. The maximum atomic E-state index is 12.9. The number of hydrogen-bond acceptors (Lipinski definition) is 3. The summed E-state index contributed by atoms with van der Waals surface area (Å²) in [6.45, 7) is 0. The van der Waals surface area contributed by atoms with Crippen molar-refractivity contribution in [2.75, 3.05) is 0 Å². The van der Waals surface area contributed by atoms with E-state index in [0.717, 1.165) is 16.2 Å². The van der Waals surface area contributed by atoms with E-state index in [4.69, 9.17) is 0 Å². The third-order valence-electron chi connectivity index (χ3n) is 2.19. The molecule has 0 aliphatic heterocycles. The number of imidazole rings is 1. The Hall–Kier alpha value is -1.27. The van der Waals surface area contributed by atoms with Crippen LogP contribution >= 0.6 is 27.3 Å². The summed E-state index contributed by atoms with van der Waals surface area (Å²) in [7, 11) is 0. The van der Waals surface area contributed by atoms with Crippen LogP contribution in [0.4, 0.5) is 4.39 Å². The van der Waals surface area contributed by atoms with E-state index in [1.54, 1.807) is 16.1 Å². The largest absolute Gasteiger partial charge is 0.217 e. The third-order valence-corrected chi connectivity index (χ3v) is 3.54. The molecule has 0 atom stereocenters. The van der Waals surface area contributed by atoms with E-state index in [9.17, 15) is 4.39 Å². The van der Waals surface area contributed by atoms with E-state index >= 15 is 0 Å². The van der Waals surface area contributed by atoms with Crippen LogP contribution in [0.15, 0.2) is 34.4 Å². The standard InChI is InChI=1S/C10H5BrFN3S/c11-8-3-6(12)1-2-7(8)9-4-15-10(14-9)16-5-13-15/h1-5H. The smallest absolute Gasteiger partial charge is 0.212 e. The van der Waals surface area contributed by atoms with Gasteiger partial charge in [-0.05, 0) is 34.1 Å². The first-order chi connectivity index (χ1) is 7.74. The zero-order chi connectivity index (χ0) is 11.1. The normalized spacial score (nSPS) is 11.1. The molecule has 80 valence electrons. The van der Waals surface area contributed by atoms with Crippen molar-refractivity contribution in [1.82, 2.24) is 14.6 Å². The Morgan fingerprint density at radius 1 is 1.38 bits per heavy atom. The van der Waals surface area contributed by atoms with Crippen molar-refractivity contribution in [3.63, 3.8) is 0 Å². The third kappa shape index (κ3) is 1.54. The molecule has 6 heteroatoms. The molecule has 0 amide bonds. The minimum absolute atomic E-state index is 0.269. The molecule has 3 aromatic rings. The summed E-state index contributed by atoms with van der Waals surface area (Å²) in [6.07, 6.45) is 1.82. The van der Waals surface area contributed by atoms with Gasteiger partial charge in [-0.2, -0.15) is 5.10 Å². The van der Waals surface area contributed by atoms with E-state index in [1.165, 1.54) is 23.5 Å². The molecule has 2 aromatic heterocycles. The number of nitrogens with zero attached hydrogens (tertiary/aromatic N) is 3. The van der Waals surface area contributed by atoms with Crippen LogP contribution < -0.4 is 0 Å². The lowest BCUT2D eigenvalue weighted by atomic mass is 10.2. The molecule has 0 spiro atoms. The van der Waals surface area contributed by atoms with Crippen LogP contribution in [0.5, 0.6) is 0 Å². The molecule has 0 saturated heterocycles. The Morgan fingerprint density at radius 2 is 2.25 bits per heavy atom. The number of hydrogen-bond donors (Lipinski definition) is 0. The first-order valence-electron chi connectivity index (χ1n) is 4.48. The van der Waals surface area contributed by atoms with Gasteiger partial charge in [-0.25, -0.2) is 13.9 Å². The van der Waals surface area contributed by atoms with Gasteiger partial charge in [-0.15, -0.1) is 0 Å². The Kier molecular flexibility index (Phi) is 2.26. The lowest BCUT2D eigenvalue weighted by molar-refractivity contribution is 0.627. The van der Waals surface area contributed by atoms with Crippen LogP contribution in [0.1, 0.15) is 0 Å². The van der Waals surface area contributed by atoms with E-state index in [1.807, 2.05) is 6.20 Å². The summed E-state index contributed by atoms with van der Waals surface area (Å²) in [4.78, 5) is 5.23. The van der Waals surface area contributed by atoms with Crippen molar-refractivity contribution in [2.45, 2.75) is 0 Å². The summed E-state index contributed by atoms with van der Waals surface area (Å²) in [5.41, 5.74) is 3.37. The van der Waals surface area contributed by atoms with Gasteiger partial charge in [-0.1, -0.05) is 11.3 Å². The average Bonchev–Trinajstić information content (AvgIpc) is 2.76. The maximum Gasteiger partial charge on any atom is 0.212 e. The van der Waals surface area contributed by atoms with Gasteiger partial charge >= 0.3 is 0 Å². The lowest BCUT2D eigenvalue weighted by Gasteiger charge is -1.99. The van der Waals surface area contributed by atoms with Gasteiger partial charge in [0.05, 0.1) is 11.9 Å². The van der Waals surface area contributed by atoms with Gasteiger partial charge < -0.3 is 0 Å². The monoisotopic (exact) mass is 297 g/mol. The quantitative estimate of drug-likeness (QED) is 0.689. The molecule has 3 rings (SSSR count). The topological polar surface area (TPSA) is 30.2 Å². The van der Waals surface area contributed by atoms with Gasteiger partial charge in [0.2, 0.25) is 4.96 Å². The highest BCUT2D eigenvalue weighted by atomic mass is 79.9. The summed E-state index contributed by atoms with van der Waals surface area (Å²) in [6, 6.07) is 4.54. The molecule has 0 unspecified atom stereocenters. The van der Waals surface area contributed by atoms with Gasteiger partial charge in [0.1, 0.15) is 11.3 Å². The number of aromatic nitrogens is 3. The first kappa shape index (κ1) is 9.92. The molecule has 0 bridgehead atoms. The van der Waals surface area contributed by atoms with Crippen molar-refractivity contribution < 1.29 is 4.39 Å². The Balaban J connectivity index is 2.19. The van der Waals surface area contributed by atoms with Crippen LogP contribution in [0, 0.1) is 5.82 Å². The Labute approximate surface area is 103 Å². The number of rotatable bonds is 1. The predicted octanol–water partition coefficient (Wildman–Crippen LogP) is 3.36. The van der Waals surface area contributed by atoms with E-state index in [0.29, 0.717) is 4.47 Å². The SMILES string of the molecule is Fc1ccc(-c2cn3ncsc3n2)c(Br)c1. The van der Waals surface area contributed by atoms with Crippen LogP contribution in [0.25, 0.3) is 16.2 Å². The second-order valence-electron chi connectivity index (χ2n) is 3.22. The molecule has 0 aliphatic rings. The second-order valence-corrected chi connectivity index (χ2v) is 4.88. The van der Waals surface area contributed by atoms with Crippen molar-refractivity contribution >= 4 is 32.2 Å². The second kappa shape index (κ2) is 3.64. The molecule has 1 aromatic carbocycles. The van der Waals surface area contributed by atoms with Crippen LogP contribution in [0.3, 0.4) is 0 Å². The summed E-state index contributed by atoms with van der Waals surface area (Å²) in [5, 5.41) is 4.10. The number of halogens is 2. The van der Waals surface area contributed by atoms with Crippen molar-refractivity contribution in [2.24, 2.45) is 0 Å². The molecule has 0 radical (unpaired) electrons. The molecular weight excluding hydrogens is 293 g/mol. The van der Waals surface area contributed by atoms with E-state index < -0.39 is 0 Å². The van der Waals surface area contributed by atoms with Crippen molar-refractivity contribution in [3.05, 3.63) is 40.2 Å². The summed E-state index contributed by atoms with van der Waals surface area (Å²) < 4.78 is 15.3. The molecule has 0 aliphatic carbocycles. The number of fused-ring (bicyclic) bond motifs is 1. The van der Waals surface area contributed by atoms with Gasteiger partial charge in [0, 0.05) is 10.0 Å². The molecule has 0 fully saturated rings. The Bertz CT molecular complexity index is 632. The van der Waals surface area contributed by atoms with Gasteiger partial charge in [0.15, 0.2) is 0 Å². The fourth-order valence-corrected chi connectivity index (χ4v) is 2.62. The predicted molar refractivity (Wildman–Crippen MR) is 64.0 cm³/mol. The average molecular weight is 298 g/mol. The Morgan fingerprint density at radius 3 is 3.00 bits per heavy atom. The molecule has 0 N–H and O–H groups in total. The van der Waals surface area contributed by atoms with Crippen LogP contribution in [0.2, 0.25) is 0 Å². The minimum atomic E-state index is -0.269. The maximum absolute atomic E-state index is 12.9. The molecule has 0 saturated carbocycles. The fraction of sp³-hybridized carbons (Fsp3) is 0. The minimum Gasteiger partial charge on any atom is -0.217 e. The van der Waals surface area contributed by atoms with Crippen molar-refractivity contribution in [1.29, 1.82) is 0 Å². The van der Waals surface area contributed by atoms with Gasteiger partial charge in [0.25, 0.3) is 0 Å². The lowest BCUT2D eigenvalue weighted by Crippen LogP contribution is -1.82. The molecular formula is C10H5BrFN3S. The summed E-state index contributed by atoms with van der Waals surface area (Å²) >= 11 is 4.79. The van der Waals surface area contributed by atoms with Crippen molar-refractivity contribution in [3.8, 4) is 11.3 Å². The summed E-state index contributed by atoms with van der Waals surface area (Å²) in [5.74, 6) is -0.269. The first-order valence-corrected chi connectivity index (χ1v) is 6.15. The molecule has 2 heterocycles. The zero-order valence-electron chi connectivity index (χ0n) is 7.89. The van der Waals surface area contributed by atoms with Crippen LogP contribution in [-0.2, 0) is 0 Å². The number of benzene rings is 1. The molecule has 3 nitrogen and oxygen atoms in total.